The van der Waals surface area contributed by atoms with E-state index < -0.39 is 0 Å². The molecule has 0 aromatic heterocycles. The van der Waals surface area contributed by atoms with Crippen molar-refractivity contribution in [3.05, 3.63) is 35.9 Å². The summed E-state index contributed by atoms with van der Waals surface area (Å²) < 4.78 is 5.66. The molecule has 0 radical (unpaired) electrons. The second kappa shape index (κ2) is 8.80. The number of carbonyl (C=O) groups excluding carboxylic acids is 1. The van der Waals surface area contributed by atoms with Gasteiger partial charge in [0, 0.05) is 6.04 Å². The Kier molecular flexibility index (Phi) is 6.70. The molecule has 1 aromatic carbocycles. The van der Waals surface area contributed by atoms with Crippen molar-refractivity contribution in [3.8, 4) is 0 Å². The van der Waals surface area contributed by atoms with Gasteiger partial charge in [-0.15, -0.1) is 0 Å². The first-order chi connectivity index (χ1) is 10.2. The predicted molar refractivity (Wildman–Crippen MR) is 84.2 cm³/mol. The van der Waals surface area contributed by atoms with Crippen molar-refractivity contribution in [2.75, 3.05) is 19.7 Å². The Morgan fingerprint density at radius 2 is 2.05 bits per heavy atom. The van der Waals surface area contributed by atoms with E-state index in [0.717, 1.165) is 38.8 Å². The molecule has 1 heterocycles. The Morgan fingerprint density at radius 1 is 1.33 bits per heavy atom. The SMILES string of the molecule is CC(CCc1ccccc1)NC(=O)COC1CCNCC1. The van der Waals surface area contributed by atoms with Gasteiger partial charge in [-0.2, -0.15) is 0 Å². The zero-order valence-corrected chi connectivity index (χ0v) is 12.8. The molecule has 1 fully saturated rings. The van der Waals surface area contributed by atoms with Gasteiger partial charge in [-0.3, -0.25) is 4.79 Å². The van der Waals surface area contributed by atoms with E-state index in [1.54, 1.807) is 0 Å². The largest absolute Gasteiger partial charge is 0.368 e. The molecule has 4 heteroatoms. The average molecular weight is 290 g/mol. The zero-order chi connectivity index (χ0) is 14.9. The number of hydrogen-bond acceptors (Lipinski definition) is 3. The first kappa shape index (κ1) is 16.0. The number of rotatable bonds is 7. The van der Waals surface area contributed by atoms with Crippen LogP contribution in [0.2, 0.25) is 0 Å². The second-order valence-electron chi connectivity index (χ2n) is 5.75. The third kappa shape index (κ3) is 6.27. The fourth-order valence-corrected chi connectivity index (χ4v) is 2.57. The van der Waals surface area contributed by atoms with Crippen molar-refractivity contribution in [1.29, 1.82) is 0 Å². The molecule has 1 saturated heterocycles. The van der Waals surface area contributed by atoms with Gasteiger partial charge in [0.05, 0.1) is 6.10 Å². The lowest BCUT2D eigenvalue weighted by molar-refractivity contribution is -0.128. The minimum absolute atomic E-state index is 0.00547. The number of amides is 1. The Morgan fingerprint density at radius 3 is 2.76 bits per heavy atom. The molecule has 0 bridgehead atoms. The molecule has 1 atom stereocenters. The predicted octanol–water partition coefficient (Wildman–Crippen LogP) is 1.89. The fraction of sp³-hybridized carbons (Fsp3) is 0.588. The summed E-state index contributed by atoms with van der Waals surface area (Å²) in [4.78, 5) is 11.9. The minimum Gasteiger partial charge on any atom is -0.368 e. The number of ether oxygens (including phenoxy) is 1. The van der Waals surface area contributed by atoms with Crippen molar-refractivity contribution in [1.82, 2.24) is 10.6 Å². The smallest absolute Gasteiger partial charge is 0.246 e. The van der Waals surface area contributed by atoms with Crippen LogP contribution in [0.5, 0.6) is 0 Å². The van der Waals surface area contributed by atoms with Gasteiger partial charge in [-0.25, -0.2) is 0 Å². The summed E-state index contributed by atoms with van der Waals surface area (Å²) in [5, 5.41) is 6.30. The number of benzene rings is 1. The molecular weight excluding hydrogens is 264 g/mol. The van der Waals surface area contributed by atoms with Gasteiger partial charge in [0.15, 0.2) is 0 Å². The highest BCUT2D eigenvalue weighted by Crippen LogP contribution is 2.07. The topological polar surface area (TPSA) is 50.4 Å². The highest BCUT2D eigenvalue weighted by atomic mass is 16.5. The van der Waals surface area contributed by atoms with Crippen LogP contribution >= 0.6 is 0 Å². The number of nitrogens with one attached hydrogen (secondary N) is 2. The van der Waals surface area contributed by atoms with Crippen LogP contribution in [0, 0.1) is 0 Å². The molecule has 4 nitrogen and oxygen atoms in total. The summed E-state index contributed by atoms with van der Waals surface area (Å²) in [6, 6.07) is 10.5. The molecule has 1 aliphatic rings. The van der Waals surface area contributed by atoms with E-state index in [9.17, 15) is 4.79 Å². The van der Waals surface area contributed by atoms with Crippen molar-refractivity contribution < 1.29 is 9.53 Å². The van der Waals surface area contributed by atoms with Gasteiger partial charge >= 0.3 is 0 Å². The van der Waals surface area contributed by atoms with Gasteiger partial charge in [-0.1, -0.05) is 30.3 Å². The summed E-state index contributed by atoms with van der Waals surface area (Å²) in [7, 11) is 0. The summed E-state index contributed by atoms with van der Waals surface area (Å²) in [6.45, 7) is 4.20. The third-order valence-corrected chi connectivity index (χ3v) is 3.85. The van der Waals surface area contributed by atoms with Crippen molar-refractivity contribution >= 4 is 5.91 Å². The molecule has 21 heavy (non-hydrogen) atoms. The molecular formula is C17H26N2O2. The molecule has 0 spiro atoms. The minimum atomic E-state index is -0.00547. The number of hydrogen-bond donors (Lipinski definition) is 2. The van der Waals surface area contributed by atoms with E-state index >= 15 is 0 Å². The van der Waals surface area contributed by atoms with Crippen LogP contribution in [0.15, 0.2) is 30.3 Å². The molecule has 0 aliphatic carbocycles. The molecule has 1 aliphatic heterocycles. The van der Waals surface area contributed by atoms with Gasteiger partial charge in [0.2, 0.25) is 5.91 Å². The second-order valence-corrected chi connectivity index (χ2v) is 5.75. The van der Waals surface area contributed by atoms with E-state index in [4.69, 9.17) is 4.74 Å². The van der Waals surface area contributed by atoms with E-state index in [-0.39, 0.29) is 24.7 Å². The summed E-state index contributed by atoms with van der Waals surface area (Å²) in [5.74, 6) is -0.00547. The lowest BCUT2D eigenvalue weighted by atomic mass is 10.1. The number of carbonyl (C=O) groups is 1. The van der Waals surface area contributed by atoms with E-state index in [2.05, 4.69) is 22.8 Å². The van der Waals surface area contributed by atoms with Crippen LogP contribution in [0.1, 0.15) is 31.7 Å². The Bertz CT molecular complexity index is 416. The summed E-state index contributed by atoms with van der Waals surface area (Å²) >= 11 is 0. The van der Waals surface area contributed by atoms with Crippen LogP contribution in [0.3, 0.4) is 0 Å². The maximum absolute atomic E-state index is 11.9. The molecule has 1 unspecified atom stereocenters. The van der Waals surface area contributed by atoms with Crippen molar-refractivity contribution in [2.45, 2.75) is 44.8 Å². The summed E-state index contributed by atoms with van der Waals surface area (Å²) in [5.41, 5.74) is 1.31. The Labute approximate surface area is 127 Å². The van der Waals surface area contributed by atoms with Gasteiger partial charge < -0.3 is 15.4 Å². The van der Waals surface area contributed by atoms with Gasteiger partial charge in [0.1, 0.15) is 6.61 Å². The quantitative estimate of drug-likeness (QED) is 0.806. The van der Waals surface area contributed by atoms with Crippen LogP contribution < -0.4 is 10.6 Å². The molecule has 0 saturated carbocycles. The first-order valence-electron chi connectivity index (χ1n) is 7.89. The van der Waals surface area contributed by atoms with Crippen LogP contribution in [-0.4, -0.2) is 37.7 Å². The molecule has 2 N–H and O–H groups in total. The van der Waals surface area contributed by atoms with Crippen LogP contribution in [0.4, 0.5) is 0 Å². The standard InChI is InChI=1S/C17H26N2O2/c1-14(7-8-15-5-3-2-4-6-15)19-17(20)13-21-16-9-11-18-12-10-16/h2-6,14,16,18H,7-13H2,1H3,(H,19,20). The third-order valence-electron chi connectivity index (χ3n) is 3.85. The van der Waals surface area contributed by atoms with Crippen LogP contribution in [-0.2, 0) is 16.0 Å². The normalized spacial score (nSPS) is 17.4. The highest BCUT2D eigenvalue weighted by molar-refractivity contribution is 5.77. The first-order valence-corrected chi connectivity index (χ1v) is 7.89. The maximum atomic E-state index is 11.9. The fourth-order valence-electron chi connectivity index (χ4n) is 2.57. The summed E-state index contributed by atoms with van der Waals surface area (Å²) in [6.07, 6.45) is 4.16. The van der Waals surface area contributed by atoms with Crippen LogP contribution in [0.25, 0.3) is 0 Å². The molecule has 1 amide bonds. The van der Waals surface area contributed by atoms with E-state index in [1.165, 1.54) is 5.56 Å². The molecule has 2 rings (SSSR count). The Hall–Kier alpha value is -1.39. The van der Waals surface area contributed by atoms with Crippen molar-refractivity contribution in [3.63, 3.8) is 0 Å². The lowest BCUT2D eigenvalue weighted by Gasteiger charge is -2.23. The lowest BCUT2D eigenvalue weighted by Crippen LogP contribution is -2.38. The average Bonchev–Trinajstić information content (AvgIpc) is 2.53. The van der Waals surface area contributed by atoms with Gasteiger partial charge in [0.25, 0.3) is 0 Å². The molecule has 1 aromatic rings. The monoisotopic (exact) mass is 290 g/mol. The van der Waals surface area contributed by atoms with E-state index in [1.807, 2.05) is 25.1 Å². The van der Waals surface area contributed by atoms with Crippen molar-refractivity contribution in [2.24, 2.45) is 0 Å². The number of aryl methyl sites for hydroxylation is 1. The van der Waals surface area contributed by atoms with Gasteiger partial charge in [-0.05, 0) is 51.3 Å². The highest BCUT2D eigenvalue weighted by Gasteiger charge is 2.15. The zero-order valence-electron chi connectivity index (χ0n) is 12.8. The maximum Gasteiger partial charge on any atom is 0.246 e. The number of piperidine rings is 1. The van der Waals surface area contributed by atoms with E-state index in [0.29, 0.717) is 0 Å². The molecule has 116 valence electrons. The Balaban J connectivity index is 1.60.